The fraction of sp³-hybridized carbons (Fsp3) is 0.188. The molecule has 0 spiro atoms. The highest BCUT2D eigenvalue weighted by Gasteiger charge is 2.10. The SMILES string of the molecule is CC(NCc1cccc(C#N)c1)c1cc(O)ccc1O. The summed E-state index contributed by atoms with van der Waals surface area (Å²) in [5.74, 6) is 0.270. The van der Waals surface area contributed by atoms with Gasteiger partial charge in [0.25, 0.3) is 0 Å². The first-order valence-electron chi connectivity index (χ1n) is 6.34. The third kappa shape index (κ3) is 3.28. The lowest BCUT2D eigenvalue weighted by atomic mass is 10.1. The monoisotopic (exact) mass is 268 g/mol. The molecule has 1 unspecified atom stereocenters. The number of hydrogen-bond donors (Lipinski definition) is 3. The minimum atomic E-state index is -0.118. The predicted molar refractivity (Wildman–Crippen MR) is 76.2 cm³/mol. The average Bonchev–Trinajstić information content (AvgIpc) is 2.47. The molecule has 0 bridgehead atoms. The summed E-state index contributed by atoms with van der Waals surface area (Å²) in [6.45, 7) is 2.48. The fourth-order valence-corrected chi connectivity index (χ4v) is 2.02. The van der Waals surface area contributed by atoms with Gasteiger partial charge in [0.05, 0.1) is 11.6 Å². The number of phenolic OH excluding ortho intramolecular Hbond substituents is 2. The Hall–Kier alpha value is -2.51. The molecule has 0 aliphatic rings. The first-order chi connectivity index (χ1) is 9.60. The zero-order chi connectivity index (χ0) is 14.5. The van der Waals surface area contributed by atoms with Gasteiger partial charge in [-0.1, -0.05) is 12.1 Å². The summed E-state index contributed by atoms with van der Waals surface area (Å²) in [5, 5.41) is 31.4. The van der Waals surface area contributed by atoms with Gasteiger partial charge in [-0.25, -0.2) is 0 Å². The van der Waals surface area contributed by atoms with E-state index in [0.29, 0.717) is 17.7 Å². The number of hydrogen-bond acceptors (Lipinski definition) is 4. The van der Waals surface area contributed by atoms with Gasteiger partial charge in [0, 0.05) is 18.2 Å². The normalized spacial score (nSPS) is 11.8. The first-order valence-corrected chi connectivity index (χ1v) is 6.34. The molecule has 20 heavy (non-hydrogen) atoms. The molecule has 4 heteroatoms. The van der Waals surface area contributed by atoms with Crippen LogP contribution in [0.15, 0.2) is 42.5 Å². The smallest absolute Gasteiger partial charge is 0.120 e. The quantitative estimate of drug-likeness (QED) is 0.745. The Labute approximate surface area is 117 Å². The van der Waals surface area contributed by atoms with Crippen LogP contribution in [0.2, 0.25) is 0 Å². The largest absolute Gasteiger partial charge is 0.508 e. The van der Waals surface area contributed by atoms with Crippen LogP contribution >= 0.6 is 0 Å². The highest BCUT2D eigenvalue weighted by molar-refractivity contribution is 5.40. The van der Waals surface area contributed by atoms with Gasteiger partial charge in [0.15, 0.2) is 0 Å². The summed E-state index contributed by atoms with van der Waals surface area (Å²) in [7, 11) is 0. The highest BCUT2D eigenvalue weighted by Crippen LogP contribution is 2.27. The van der Waals surface area contributed by atoms with Crippen molar-refractivity contribution in [3.8, 4) is 17.6 Å². The topological polar surface area (TPSA) is 76.3 Å². The Bertz CT molecular complexity index is 647. The standard InChI is InChI=1S/C16H16N2O2/c1-11(15-8-14(19)5-6-16(15)20)18-10-13-4-2-3-12(7-13)9-17/h2-8,11,18-20H,10H2,1H3. The minimum Gasteiger partial charge on any atom is -0.508 e. The molecule has 2 rings (SSSR count). The van der Waals surface area contributed by atoms with E-state index in [2.05, 4.69) is 11.4 Å². The zero-order valence-electron chi connectivity index (χ0n) is 11.2. The van der Waals surface area contributed by atoms with E-state index in [9.17, 15) is 10.2 Å². The molecule has 0 heterocycles. The van der Waals surface area contributed by atoms with Crippen LogP contribution in [-0.2, 0) is 6.54 Å². The summed E-state index contributed by atoms with van der Waals surface area (Å²) < 4.78 is 0. The predicted octanol–water partition coefficient (Wildman–Crippen LogP) is 2.82. The number of aromatic hydroxyl groups is 2. The van der Waals surface area contributed by atoms with Crippen molar-refractivity contribution < 1.29 is 10.2 Å². The van der Waals surface area contributed by atoms with Gasteiger partial charge < -0.3 is 15.5 Å². The molecule has 0 saturated carbocycles. The van der Waals surface area contributed by atoms with Crippen molar-refractivity contribution in [2.45, 2.75) is 19.5 Å². The Morgan fingerprint density at radius 2 is 2.00 bits per heavy atom. The van der Waals surface area contributed by atoms with E-state index in [0.717, 1.165) is 5.56 Å². The van der Waals surface area contributed by atoms with Crippen molar-refractivity contribution in [3.63, 3.8) is 0 Å². The lowest BCUT2D eigenvalue weighted by Gasteiger charge is -2.16. The maximum atomic E-state index is 9.79. The number of benzene rings is 2. The molecule has 2 aromatic rings. The van der Waals surface area contributed by atoms with Gasteiger partial charge in [0.2, 0.25) is 0 Å². The van der Waals surface area contributed by atoms with Gasteiger partial charge in [-0.05, 0) is 42.8 Å². The zero-order valence-corrected chi connectivity index (χ0v) is 11.2. The fourth-order valence-electron chi connectivity index (χ4n) is 2.02. The van der Waals surface area contributed by atoms with Crippen molar-refractivity contribution >= 4 is 0 Å². The molecule has 0 saturated heterocycles. The molecule has 1 atom stereocenters. The number of nitrogens with one attached hydrogen (secondary N) is 1. The second-order valence-corrected chi connectivity index (χ2v) is 4.66. The van der Waals surface area contributed by atoms with Crippen molar-refractivity contribution in [1.29, 1.82) is 5.26 Å². The van der Waals surface area contributed by atoms with E-state index >= 15 is 0 Å². The van der Waals surface area contributed by atoms with Gasteiger partial charge in [-0.15, -0.1) is 0 Å². The Kier molecular flexibility index (Phi) is 4.24. The van der Waals surface area contributed by atoms with Crippen molar-refractivity contribution in [3.05, 3.63) is 59.2 Å². The van der Waals surface area contributed by atoms with Crippen LogP contribution in [0.25, 0.3) is 0 Å². The van der Waals surface area contributed by atoms with Crippen LogP contribution in [-0.4, -0.2) is 10.2 Å². The molecule has 3 N–H and O–H groups in total. The minimum absolute atomic E-state index is 0.118. The molecule has 0 aliphatic carbocycles. The molecule has 102 valence electrons. The van der Waals surface area contributed by atoms with Gasteiger partial charge in [-0.3, -0.25) is 0 Å². The third-order valence-corrected chi connectivity index (χ3v) is 3.15. The maximum absolute atomic E-state index is 9.79. The van der Waals surface area contributed by atoms with Gasteiger partial charge in [0.1, 0.15) is 11.5 Å². The molecule has 0 amide bonds. The maximum Gasteiger partial charge on any atom is 0.120 e. The van der Waals surface area contributed by atoms with Crippen molar-refractivity contribution in [2.75, 3.05) is 0 Å². The van der Waals surface area contributed by atoms with Crippen LogP contribution in [0.1, 0.15) is 29.7 Å². The molecule has 2 aromatic carbocycles. The van der Waals surface area contributed by atoms with Crippen LogP contribution < -0.4 is 5.32 Å². The van der Waals surface area contributed by atoms with E-state index in [-0.39, 0.29) is 17.5 Å². The summed E-state index contributed by atoms with van der Waals surface area (Å²) >= 11 is 0. The van der Waals surface area contributed by atoms with E-state index in [4.69, 9.17) is 5.26 Å². The lowest BCUT2D eigenvalue weighted by molar-refractivity contribution is 0.440. The Morgan fingerprint density at radius 1 is 1.20 bits per heavy atom. The van der Waals surface area contributed by atoms with E-state index in [1.165, 1.54) is 12.1 Å². The Balaban J connectivity index is 2.06. The molecule has 4 nitrogen and oxygen atoms in total. The molecular weight excluding hydrogens is 252 g/mol. The summed E-state index contributed by atoms with van der Waals surface area (Å²) in [6, 6.07) is 13.8. The van der Waals surface area contributed by atoms with E-state index < -0.39 is 0 Å². The number of rotatable bonds is 4. The van der Waals surface area contributed by atoms with Crippen LogP contribution in [0.3, 0.4) is 0 Å². The second-order valence-electron chi connectivity index (χ2n) is 4.66. The molecule has 0 radical (unpaired) electrons. The van der Waals surface area contributed by atoms with Crippen molar-refractivity contribution in [1.82, 2.24) is 5.32 Å². The molecule has 0 aromatic heterocycles. The number of nitrogens with zero attached hydrogens (tertiary/aromatic N) is 1. The number of phenols is 2. The van der Waals surface area contributed by atoms with E-state index in [1.54, 1.807) is 12.1 Å². The highest BCUT2D eigenvalue weighted by atomic mass is 16.3. The molecule has 0 aliphatic heterocycles. The lowest BCUT2D eigenvalue weighted by Crippen LogP contribution is -2.18. The number of nitriles is 1. The van der Waals surface area contributed by atoms with Crippen LogP contribution in [0.4, 0.5) is 0 Å². The van der Waals surface area contributed by atoms with E-state index in [1.807, 2.05) is 25.1 Å². The summed E-state index contributed by atoms with van der Waals surface area (Å²) in [6.07, 6.45) is 0. The summed E-state index contributed by atoms with van der Waals surface area (Å²) in [4.78, 5) is 0. The first kappa shape index (κ1) is 13.9. The van der Waals surface area contributed by atoms with Crippen LogP contribution in [0, 0.1) is 11.3 Å². The molecule has 0 fully saturated rings. The van der Waals surface area contributed by atoms with Gasteiger partial charge >= 0.3 is 0 Å². The molecular formula is C16H16N2O2. The average molecular weight is 268 g/mol. The Morgan fingerprint density at radius 3 is 2.75 bits per heavy atom. The van der Waals surface area contributed by atoms with Crippen molar-refractivity contribution in [2.24, 2.45) is 0 Å². The third-order valence-electron chi connectivity index (χ3n) is 3.15. The second kappa shape index (κ2) is 6.09. The van der Waals surface area contributed by atoms with Crippen LogP contribution in [0.5, 0.6) is 11.5 Å². The summed E-state index contributed by atoms with van der Waals surface area (Å²) in [5.41, 5.74) is 2.26. The van der Waals surface area contributed by atoms with Gasteiger partial charge in [-0.2, -0.15) is 5.26 Å².